The number of hydrogen-bond donors (Lipinski definition) is 1. The van der Waals surface area contributed by atoms with Gasteiger partial charge in [-0.2, -0.15) is 0 Å². The Hall–Kier alpha value is -1.42. The van der Waals surface area contributed by atoms with Crippen molar-refractivity contribution in [2.45, 2.75) is 51.5 Å². The molecule has 110 valence electrons. The van der Waals surface area contributed by atoms with Crippen LogP contribution in [0.1, 0.15) is 45.1 Å². The number of carbonyl (C=O) groups excluding carboxylic acids is 1. The summed E-state index contributed by atoms with van der Waals surface area (Å²) in [5.41, 5.74) is 7.13. The van der Waals surface area contributed by atoms with Gasteiger partial charge in [0.1, 0.15) is 0 Å². The summed E-state index contributed by atoms with van der Waals surface area (Å²) in [7, 11) is 0. The lowest BCUT2D eigenvalue weighted by molar-refractivity contribution is -0.130. The van der Waals surface area contributed by atoms with Gasteiger partial charge in [-0.25, -0.2) is 0 Å². The molecule has 0 bridgehead atoms. The third kappa shape index (κ3) is 2.70. The molecule has 0 spiro atoms. The van der Waals surface area contributed by atoms with Crippen LogP contribution < -0.4 is 5.73 Å². The smallest absolute Gasteiger partial charge is 0.157 e. The maximum atomic E-state index is 12.9. The summed E-state index contributed by atoms with van der Waals surface area (Å²) in [6, 6.07) is 1.76. The summed E-state index contributed by atoms with van der Waals surface area (Å²) in [6.45, 7) is 6.31. The molecule has 20 heavy (non-hydrogen) atoms. The van der Waals surface area contributed by atoms with Crippen molar-refractivity contribution in [3.8, 4) is 0 Å². The Morgan fingerprint density at radius 2 is 2.00 bits per heavy atom. The molecule has 2 heterocycles. The lowest BCUT2D eigenvalue weighted by Gasteiger charge is -2.39. The topological polar surface area (TPSA) is 59.2 Å². The van der Waals surface area contributed by atoms with Gasteiger partial charge in [0, 0.05) is 30.1 Å². The number of likely N-dealkylation sites (tertiary alicyclic amines) is 1. The Bertz CT molecular complexity index is 463. The van der Waals surface area contributed by atoms with Crippen LogP contribution in [0.25, 0.3) is 0 Å². The van der Waals surface area contributed by atoms with Crippen LogP contribution in [0.15, 0.2) is 18.5 Å². The molecule has 0 radical (unpaired) electrons. The largest absolute Gasteiger partial charge is 0.398 e. The number of hydrogen-bond acceptors (Lipinski definition) is 4. The fourth-order valence-electron chi connectivity index (χ4n) is 3.34. The summed E-state index contributed by atoms with van der Waals surface area (Å²) in [5.74, 6) is 0.282. The van der Waals surface area contributed by atoms with Gasteiger partial charge in [0.25, 0.3) is 0 Å². The van der Waals surface area contributed by atoms with Crippen LogP contribution in [0.3, 0.4) is 0 Å². The molecule has 0 aromatic carbocycles. The molecule has 2 N–H and O–H groups in total. The van der Waals surface area contributed by atoms with Crippen LogP contribution in [0.5, 0.6) is 0 Å². The van der Waals surface area contributed by atoms with Crippen molar-refractivity contribution in [2.24, 2.45) is 0 Å². The average Bonchev–Trinajstić information content (AvgIpc) is 2.98. The summed E-state index contributed by atoms with van der Waals surface area (Å²) in [5, 5.41) is 0. The first-order valence-electron chi connectivity index (χ1n) is 7.60. The zero-order valence-corrected chi connectivity index (χ0v) is 12.6. The first-order chi connectivity index (χ1) is 9.64. The lowest BCUT2D eigenvalue weighted by Crippen LogP contribution is -2.53. The second-order valence-electron chi connectivity index (χ2n) is 5.61. The fourth-order valence-corrected chi connectivity index (χ4v) is 3.34. The number of nitrogens with two attached hydrogens (primary N) is 1. The molecule has 0 saturated carbocycles. The monoisotopic (exact) mass is 275 g/mol. The Labute approximate surface area is 121 Å². The van der Waals surface area contributed by atoms with Crippen LogP contribution in [-0.2, 0) is 11.2 Å². The number of ketones is 1. The Morgan fingerprint density at radius 1 is 1.35 bits per heavy atom. The van der Waals surface area contributed by atoms with E-state index in [-0.39, 0.29) is 11.3 Å². The van der Waals surface area contributed by atoms with Gasteiger partial charge in [-0.1, -0.05) is 13.8 Å². The maximum Gasteiger partial charge on any atom is 0.157 e. The number of nitrogens with zero attached hydrogens (tertiary/aromatic N) is 2. The van der Waals surface area contributed by atoms with Crippen molar-refractivity contribution < 1.29 is 4.79 Å². The molecule has 4 nitrogen and oxygen atoms in total. The van der Waals surface area contributed by atoms with Crippen LogP contribution in [0.2, 0.25) is 0 Å². The van der Waals surface area contributed by atoms with E-state index in [2.05, 4.69) is 23.7 Å². The molecule has 1 aromatic rings. The van der Waals surface area contributed by atoms with Crippen LogP contribution in [0.4, 0.5) is 5.69 Å². The molecule has 1 saturated heterocycles. The average molecular weight is 275 g/mol. The van der Waals surface area contributed by atoms with Crippen molar-refractivity contribution in [2.75, 3.05) is 18.8 Å². The van der Waals surface area contributed by atoms with Gasteiger partial charge in [0.2, 0.25) is 0 Å². The number of Topliss-reactive ketones (excluding diaryl/α,β-unsaturated/α-hetero) is 1. The summed E-state index contributed by atoms with van der Waals surface area (Å²) >= 11 is 0. The highest BCUT2D eigenvalue weighted by atomic mass is 16.1. The van der Waals surface area contributed by atoms with Gasteiger partial charge in [-0.3, -0.25) is 14.7 Å². The summed E-state index contributed by atoms with van der Waals surface area (Å²) in [6.07, 6.45) is 7.89. The zero-order valence-electron chi connectivity index (χ0n) is 12.6. The second-order valence-corrected chi connectivity index (χ2v) is 5.61. The van der Waals surface area contributed by atoms with Crippen molar-refractivity contribution in [1.29, 1.82) is 0 Å². The SMILES string of the molecule is CCC(CC)(C(=O)Cc1cnccc1N)N1CCCC1. The van der Waals surface area contributed by atoms with Gasteiger partial charge in [0.05, 0.1) is 5.54 Å². The van der Waals surface area contributed by atoms with Crippen LogP contribution in [-0.4, -0.2) is 34.3 Å². The Morgan fingerprint density at radius 3 is 2.55 bits per heavy atom. The molecule has 2 rings (SSSR count). The highest BCUT2D eigenvalue weighted by molar-refractivity contribution is 5.91. The Balaban J connectivity index is 2.21. The van der Waals surface area contributed by atoms with E-state index in [1.165, 1.54) is 12.8 Å². The van der Waals surface area contributed by atoms with E-state index >= 15 is 0 Å². The quantitative estimate of drug-likeness (QED) is 0.866. The minimum Gasteiger partial charge on any atom is -0.398 e. The maximum absolute atomic E-state index is 12.9. The predicted octanol–water partition coefficient (Wildman–Crippen LogP) is 2.43. The summed E-state index contributed by atoms with van der Waals surface area (Å²) < 4.78 is 0. The van der Waals surface area contributed by atoms with Crippen molar-refractivity contribution >= 4 is 11.5 Å². The van der Waals surface area contributed by atoms with E-state index in [1.807, 2.05) is 0 Å². The van der Waals surface area contributed by atoms with E-state index in [1.54, 1.807) is 18.5 Å². The highest BCUT2D eigenvalue weighted by Crippen LogP contribution is 2.30. The highest BCUT2D eigenvalue weighted by Gasteiger charge is 2.41. The predicted molar refractivity (Wildman–Crippen MR) is 81.5 cm³/mol. The molecule has 1 aliphatic rings. The number of nitrogen functional groups attached to an aromatic ring is 1. The third-order valence-electron chi connectivity index (χ3n) is 4.69. The van der Waals surface area contributed by atoms with Crippen molar-refractivity contribution in [3.63, 3.8) is 0 Å². The molecule has 1 aliphatic heterocycles. The zero-order chi connectivity index (χ0) is 14.6. The van der Waals surface area contributed by atoms with Gasteiger partial charge >= 0.3 is 0 Å². The Kier molecular flexibility index (Phi) is 4.76. The number of carbonyl (C=O) groups is 1. The van der Waals surface area contributed by atoms with Gasteiger partial charge < -0.3 is 5.73 Å². The molecule has 0 unspecified atom stereocenters. The molecule has 1 aromatic heterocycles. The van der Waals surface area contributed by atoms with E-state index in [4.69, 9.17) is 5.73 Å². The third-order valence-corrected chi connectivity index (χ3v) is 4.69. The number of pyridine rings is 1. The molecular weight excluding hydrogens is 250 g/mol. The van der Waals surface area contributed by atoms with Crippen LogP contribution >= 0.6 is 0 Å². The molecular formula is C16H25N3O. The lowest BCUT2D eigenvalue weighted by atomic mass is 9.83. The molecule has 0 atom stereocenters. The van der Waals surface area contributed by atoms with Crippen molar-refractivity contribution in [3.05, 3.63) is 24.0 Å². The van der Waals surface area contributed by atoms with E-state index in [0.717, 1.165) is 31.5 Å². The summed E-state index contributed by atoms with van der Waals surface area (Å²) in [4.78, 5) is 19.4. The molecule has 0 aliphatic carbocycles. The normalized spacial score (nSPS) is 16.5. The molecule has 1 fully saturated rings. The minimum absolute atomic E-state index is 0.282. The van der Waals surface area contributed by atoms with Crippen molar-refractivity contribution in [1.82, 2.24) is 9.88 Å². The number of aromatic nitrogens is 1. The first-order valence-corrected chi connectivity index (χ1v) is 7.60. The van der Waals surface area contributed by atoms with E-state index in [0.29, 0.717) is 12.1 Å². The molecule has 0 amide bonds. The fraction of sp³-hybridized carbons (Fsp3) is 0.625. The van der Waals surface area contributed by atoms with E-state index < -0.39 is 0 Å². The first kappa shape index (κ1) is 15.0. The van der Waals surface area contributed by atoms with Gasteiger partial charge in [-0.05, 0) is 44.8 Å². The molecule has 4 heteroatoms. The number of anilines is 1. The van der Waals surface area contributed by atoms with Gasteiger partial charge in [-0.15, -0.1) is 0 Å². The second kappa shape index (κ2) is 6.35. The van der Waals surface area contributed by atoms with Gasteiger partial charge in [0.15, 0.2) is 5.78 Å². The van der Waals surface area contributed by atoms with Crippen LogP contribution in [0, 0.1) is 0 Å². The number of rotatable bonds is 6. The standard InChI is InChI=1S/C16H25N3O/c1-3-16(4-2,19-9-5-6-10-19)15(20)11-13-12-18-8-7-14(13)17/h7-8,12H,3-6,9-11H2,1-2H3,(H2,17,18). The minimum atomic E-state index is -0.321. The van der Waals surface area contributed by atoms with E-state index in [9.17, 15) is 4.79 Å².